The number of hydrogen-bond donors (Lipinski definition) is 3. The van der Waals surface area contributed by atoms with Crippen LogP contribution in [0.3, 0.4) is 0 Å². The molecule has 114 valence electrons. The first-order valence-corrected chi connectivity index (χ1v) is 7.14. The lowest BCUT2D eigenvalue weighted by Crippen LogP contribution is -2.41. The number of carbonyl (C=O) groups excluding carboxylic acids is 2. The van der Waals surface area contributed by atoms with Gasteiger partial charge in [-0.1, -0.05) is 12.1 Å². The Hall–Kier alpha value is -2.08. The van der Waals surface area contributed by atoms with E-state index in [0.29, 0.717) is 18.2 Å². The van der Waals surface area contributed by atoms with E-state index in [1.54, 1.807) is 17.0 Å². The third-order valence-electron chi connectivity index (χ3n) is 3.42. The summed E-state index contributed by atoms with van der Waals surface area (Å²) in [6.07, 6.45) is 2.38. The summed E-state index contributed by atoms with van der Waals surface area (Å²) in [6.45, 7) is 1.44. The van der Waals surface area contributed by atoms with Crippen molar-refractivity contribution < 1.29 is 9.59 Å². The maximum atomic E-state index is 11.9. The van der Waals surface area contributed by atoms with Gasteiger partial charge < -0.3 is 16.8 Å². The van der Waals surface area contributed by atoms with E-state index in [-0.39, 0.29) is 19.0 Å². The third-order valence-corrected chi connectivity index (χ3v) is 3.42. The van der Waals surface area contributed by atoms with Crippen LogP contribution >= 0.6 is 0 Å². The molecule has 0 unspecified atom stereocenters. The van der Waals surface area contributed by atoms with Gasteiger partial charge in [0.15, 0.2) is 0 Å². The van der Waals surface area contributed by atoms with Gasteiger partial charge in [-0.05, 0) is 36.5 Å². The maximum absolute atomic E-state index is 11.9. The molecular weight excluding hydrogens is 268 g/mol. The normalized spacial score (nSPS) is 14.1. The summed E-state index contributed by atoms with van der Waals surface area (Å²) in [6, 6.07) is 7.35. The Morgan fingerprint density at radius 3 is 2.43 bits per heavy atom. The molecule has 5 N–H and O–H groups in total. The highest BCUT2D eigenvalue weighted by Crippen LogP contribution is 2.27. The molecule has 1 saturated carbocycles. The van der Waals surface area contributed by atoms with E-state index < -0.39 is 5.91 Å². The zero-order valence-corrected chi connectivity index (χ0v) is 12.0. The first kappa shape index (κ1) is 15.3. The Morgan fingerprint density at radius 1 is 1.19 bits per heavy atom. The van der Waals surface area contributed by atoms with E-state index in [2.05, 4.69) is 5.32 Å². The predicted octanol–water partition coefficient (Wildman–Crippen LogP) is 0.0823. The molecular formula is C15H22N4O2. The number of rotatable bonds is 8. The summed E-state index contributed by atoms with van der Waals surface area (Å²) in [5.74, 6) is 0.120. The van der Waals surface area contributed by atoms with E-state index in [0.717, 1.165) is 12.1 Å². The lowest BCUT2D eigenvalue weighted by Gasteiger charge is -2.20. The highest BCUT2D eigenvalue weighted by Gasteiger charge is 2.22. The van der Waals surface area contributed by atoms with Gasteiger partial charge in [0.25, 0.3) is 0 Å². The van der Waals surface area contributed by atoms with E-state index >= 15 is 0 Å². The van der Waals surface area contributed by atoms with Gasteiger partial charge in [-0.2, -0.15) is 0 Å². The van der Waals surface area contributed by atoms with E-state index in [9.17, 15) is 9.59 Å². The average Bonchev–Trinajstić information content (AvgIpc) is 3.22. The quantitative estimate of drug-likeness (QED) is 0.590. The highest BCUT2D eigenvalue weighted by molar-refractivity contribution is 5.80. The number of amides is 2. The van der Waals surface area contributed by atoms with Crippen LogP contribution in [0, 0.1) is 5.92 Å². The van der Waals surface area contributed by atoms with Crippen molar-refractivity contribution in [1.29, 1.82) is 0 Å². The second-order valence-electron chi connectivity index (χ2n) is 5.60. The number of anilines is 1. The minimum atomic E-state index is -0.444. The minimum absolute atomic E-state index is 0.0568. The Balaban J connectivity index is 1.87. The van der Waals surface area contributed by atoms with Crippen molar-refractivity contribution in [3.05, 3.63) is 29.8 Å². The number of benzene rings is 1. The molecule has 0 bridgehead atoms. The second kappa shape index (κ2) is 7.08. The third kappa shape index (κ3) is 5.83. The molecule has 0 aliphatic heterocycles. The van der Waals surface area contributed by atoms with Crippen molar-refractivity contribution in [2.24, 2.45) is 11.7 Å². The minimum Gasteiger partial charge on any atom is -0.399 e. The summed E-state index contributed by atoms with van der Waals surface area (Å²) in [4.78, 5) is 24.8. The van der Waals surface area contributed by atoms with Crippen molar-refractivity contribution in [1.82, 2.24) is 10.2 Å². The topological polar surface area (TPSA) is 101 Å². The van der Waals surface area contributed by atoms with Gasteiger partial charge in [-0.3, -0.25) is 14.5 Å². The van der Waals surface area contributed by atoms with Crippen molar-refractivity contribution in [2.75, 3.05) is 25.4 Å². The zero-order chi connectivity index (χ0) is 15.2. The van der Waals surface area contributed by atoms with Crippen LogP contribution in [0.15, 0.2) is 24.3 Å². The van der Waals surface area contributed by atoms with Crippen molar-refractivity contribution >= 4 is 17.5 Å². The Kier molecular flexibility index (Phi) is 5.16. The van der Waals surface area contributed by atoms with Gasteiger partial charge in [-0.25, -0.2) is 0 Å². The Labute approximate surface area is 124 Å². The highest BCUT2D eigenvalue weighted by atomic mass is 16.2. The fraction of sp³-hybridized carbons (Fsp3) is 0.467. The molecule has 1 aromatic carbocycles. The molecule has 21 heavy (non-hydrogen) atoms. The molecule has 6 nitrogen and oxygen atoms in total. The van der Waals surface area contributed by atoms with Crippen molar-refractivity contribution in [2.45, 2.75) is 19.4 Å². The van der Waals surface area contributed by atoms with E-state index in [1.807, 2.05) is 12.1 Å². The van der Waals surface area contributed by atoms with E-state index in [4.69, 9.17) is 11.5 Å². The number of primary amides is 1. The van der Waals surface area contributed by atoms with Gasteiger partial charge in [0.05, 0.1) is 13.1 Å². The summed E-state index contributed by atoms with van der Waals surface area (Å²) < 4.78 is 0. The van der Waals surface area contributed by atoms with Crippen LogP contribution in [0.5, 0.6) is 0 Å². The number of nitrogens with zero attached hydrogens (tertiary/aromatic N) is 1. The molecule has 1 aliphatic rings. The molecule has 1 aromatic rings. The molecule has 0 radical (unpaired) electrons. The lowest BCUT2D eigenvalue weighted by atomic mass is 10.2. The molecule has 2 amide bonds. The molecule has 6 heteroatoms. The monoisotopic (exact) mass is 290 g/mol. The van der Waals surface area contributed by atoms with Crippen LogP contribution in [0.1, 0.15) is 18.4 Å². The molecule has 0 atom stereocenters. The number of hydrogen-bond acceptors (Lipinski definition) is 4. The van der Waals surface area contributed by atoms with Crippen LogP contribution in [0.2, 0.25) is 0 Å². The Morgan fingerprint density at radius 2 is 1.86 bits per heavy atom. The Bertz CT molecular complexity index is 497. The van der Waals surface area contributed by atoms with Gasteiger partial charge in [-0.15, -0.1) is 0 Å². The van der Waals surface area contributed by atoms with Crippen LogP contribution < -0.4 is 16.8 Å². The molecule has 0 heterocycles. The SMILES string of the molecule is NC(=O)CN(CC(=O)NCC1CC1)Cc1ccc(N)cc1. The average molecular weight is 290 g/mol. The van der Waals surface area contributed by atoms with Crippen LogP contribution in [-0.4, -0.2) is 36.3 Å². The van der Waals surface area contributed by atoms with Crippen molar-refractivity contribution in [3.8, 4) is 0 Å². The fourth-order valence-corrected chi connectivity index (χ4v) is 2.11. The predicted molar refractivity (Wildman–Crippen MR) is 81.1 cm³/mol. The molecule has 0 saturated heterocycles. The van der Waals surface area contributed by atoms with Gasteiger partial charge in [0, 0.05) is 18.8 Å². The molecule has 1 fully saturated rings. The lowest BCUT2D eigenvalue weighted by molar-refractivity contribution is -0.124. The molecule has 0 spiro atoms. The molecule has 2 rings (SSSR count). The van der Waals surface area contributed by atoms with Crippen LogP contribution in [0.4, 0.5) is 5.69 Å². The van der Waals surface area contributed by atoms with Gasteiger partial charge >= 0.3 is 0 Å². The van der Waals surface area contributed by atoms with E-state index in [1.165, 1.54) is 12.8 Å². The number of nitrogens with one attached hydrogen (secondary N) is 1. The summed E-state index contributed by atoms with van der Waals surface area (Å²) >= 11 is 0. The summed E-state index contributed by atoms with van der Waals surface area (Å²) in [5, 5.41) is 2.89. The molecule has 0 aromatic heterocycles. The smallest absolute Gasteiger partial charge is 0.234 e. The van der Waals surface area contributed by atoms with Crippen LogP contribution in [0.25, 0.3) is 0 Å². The van der Waals surface area contributed by atoms with Crippen molar-refractivity contribution in [3.63, 3.8) is 0 Å². The molecule has 1 aliphatic carbocycles. The van der Waals surface area contributed by atoms with Gasteiger partial charge in [0.1, 0.15) is 0 Å². The standard InChI is InChI=1S/C15H22N4O2/c16-13-5-3-12(4-6-13)8-19(9-14(17)20)10-15(21)18-7-11-1-2-11/h3-6,11H,1-2,7-10,16H2,(H2,17,20)(H,18,21). The number of nitrogen functional groups attached to an aromatic ring is 1. The number of nitrogens with two attached hydrogens (primary N) is 2. The largest absolute Gasteiger partial charge is 0.399 e. The second-order valence-corrected chi connectivity index (χ2v) is 5.60. The first-order valence-electron chi connectivity index (χ1n) is 7.14. The number of carbonyl (C=O) groups is 2. The zero-order valence-electron chi connectivity index (χ0n) is 12.0. The summed E-state index contributed by atoms with van der Waals surface area (Å²) in [5.41, 5.74) is 12.6. The fourth-order valence-electron chi connectivity index (χ4n) is 2.11. The first-order chi connectivity index (χ1) is 10.0. The van der Waals surface area contributed by atoms with Gasteiger partial charge in [0.2, 0.25) is 11.8 Å². The summed E-state index contributed by atoms with van der Waals surface area (Å²) in [7, 11) is 0. The van der Waals surface area contributed by atoms with Crippen LogP contribution in [-0.2, 0) is 16.1 Å². The maximum Gasteiger partial charge on any atom is 0.234 e.